The van der Waals surface area contributed by atoms with Crippen LogP contribution in [0.4, 0.5) is 0 Å². The van der Waals surface area contributed by atoms with E-state index in [2.05, 4.69) is 30.4 Å². The molecule has 0 unspecified atom stereocenters. The van der Waals surface area contributed by atoms with E-state index in [0.717, 1.165) is 25.7 Å². The van der Waals surface area contributed by atoms with Gasteiger partial charge in [-0.2, -0.15) is 0 Å². The van der Waals surface area contributed by atoms with Crippen molar-refractivity contribution in [2.75, 3.05) is 13.2 Å². The molecule has 4 nitrogen and oxygen atoms in total. The number of hydrogen-bond acceptors (Lipinski definition) is 3. The highest BCUT2D eigenvalue weighted by atomic mass is 16.3. The number of benzene rings is 1. The molecule has 0 saturated carbocycles. The lowest BCUT2D eigenvalue weighted by Crippen LogP contribution is -2.59. The molecule has 0 radical (unpaired) electrons. The first-order valence-electron chi connectivity index (χ1n) is 10.7. The summed E-state index contributed by atoms with van der Waals surface area (Å²) in [6, 6.07) is 6.78. The largest absolute Gasteiger partial charge is 0.394 e. The summed E-state index contributed by atoms with van der Waals surface area (Å²) < 4.78 is 0. The molecule has 1 aromatic rings. The van der Waals surface area contributed by atoms with Crippen LogP contribution >= 0.6 is 0 Å². The van der Waals surface area contributed by atoms with Crippen molar-refractivity contribution in [3.05, 3.63) is 34.9 Å². The fourth-order valence-electron chi connectivity index (χ4n) is 4.38. The van der Waals surface area contributed by atoms with Crippen LogP contribution in [0, 0.1) is 5.92 Å². The zero-order valence-corrected chi connectivity index (χ0v) is 17.1. The molecule has 1 aliphatic rings. The molecule has 1 aliphatic carbocycles. The Bertz CT molecular complexity index is 595. The summed E-state index contributed by atoms with van der Waals surface area (Å²) in [7, 11) is 0. The standard InChI is InChI=1S/C23H37NO3/c1-3-4-5-6-7-8-9-19-10-11-21-15-22(13-12-20(21)14-19)23(16-25,17-26)24-18(2)27/h10-11,14,22,25-26H,3-9,12-13,15-17H2,1-2H3,(H,24,27)/t22-/m1/s1. The lowest BCUT2D eigenvalue weighted by atomic mass is 9.72. The quantitative estimate of drug-likeness (QED) is 0.518. The van der Waals surface area contributed by atoms with Crippen LogP contribution in [0.25, 0.3) is 0 Å². The number of fused-ring (bicyclic) bond motifs is 1. The van der Waals surface area contributed by atoms with Gasteiger partial charge < -0.3 is 15.5 Å². The molecular weight excluding hydrogens is 338 g/mol. The van der Waals surface area contributed by atoms with E-state index >= 15 is 0 Å². The predicted molar refractivity (Wildman–Crippen MR) is 110 cm³/mol. The third kappa shape index (κ3) is 6.05. The van der Waals surface area contributed by atoms with E-state index in [9.17, 15) is 15.0 Å². The second-order valence-corrected chi connectivity index (χ2v) is 8.21. The van der Waals surface area contributed by atoms with Crippen molar-refractivity contribution in [2.45, 2.75) is 83.6 Å². The first-order chi connectivity index (χ1) is 13.0. The maximum absolute atomic E-state index is 11.6. The predicted octanol–water partition coefficient (Wildman–Crippen LogP) is 3.55. The zero-order valence-electron chi connectivity index (χ0n) is 17.1. The van der Waals surface area contributed by atoms with Crippen LogP contribution in [0.15, 0.2) is 18.2 Å². The van der Waals surface area contributed by atoms with Gasteiger partial charge in [0.15, 0.2) is 0 Å². The molecule has 0 saturated heterocycles. The molecule has 4 heteroatoms. The van der Waals surface area contributed by atoms with Crippen molar-refractivity contribution >= 4 is 5.91 Å². The van der Waals surface area contributed by atoms with Gasteiger partial charge in [-0.15, -0.1) is 0 Å². The summed E-state index contributed by atoms with van der Waals surface area (Å²) in [6.45, 7) is 3.21. The van der Waals surface area contributed by atoms with Gasteiger partial charge in [-0.3, -0.25) is 4.79 Å². The number of amides is 1. The SMILES string of the molecule is CCCCCCCCc1ccc2c(c1)CC[C@@H](C(CO)(CO)NC(C)=O)C2. The summed E-state index contributed by atoms with van der Waals surface area (Å²) in [5, 5.41) is 22.6. The van der Waals surface area contributed by atoms with Crippen molar-refractivity contribution in [1.82, 2.24) is 5.32 Å². The molecule has 1 atom stereocenters. The van der Waals surface area contributed by atoms with Crippen LogP contribution < -0.4 is 5.32 Å². The highest BCUT2D eigenvalue weighted by molar-refractivity contribution is 5.74. The molecule has 2 rings (SSSR count). The van der Waals surface area contributed by atoms with E-state index in [1.165, 1.54) is 62.1 Å². The van der Waals surface area contributed by atoms with Crippen LogP contribution in [0.5, 0.6) is 0 Å². The first kappa shape index (κ1) is 21.9. The van der Waals surface area contributed by atoms with E-state index in [1.54, 1.807) is 0 Å². The Labute approximate surface area is 164 Å². The fraction of sp³-hybridized carbons (Fsp3) is 0.696. The average Bonchev–Trinajstić information content (AvgIpc) is 2.68. The summed E-state index contributed by atoms with van der Waals surface area (Å²) in [5.41, 5.74) is 3.16. The van der Waals surface area contributed by atoms with Crippen molar-refractivity contribution in [2.24, 2.45) is 5.92 Å². The smallest absolute Gasteiger partial charge is 0.217 e. The van der Waals surface area contributed by atoms with Gasteiger partial charge in [-0.25, -0.2) is 0 Å². The number of carbonyl (C=O) groups excluding carboxylic acids is 1. The Kier molecular flexibility index (Phi) is 8.78. The first-order valence-corrected chi connectivity index (χ1v) is 10.7. The summed E-state index contributed by atoms with van der Waals surface area (Å²) in [4.78, 5) is 11.6. The average molecular weight is 376 g/mol. The molecular formula is C23H37NO3. The van der Waals surface area contributed by atoms with Gasteiger partial charge in [0.2, 0.25) is 5.91 Å². The Hall–Kier alpha value is -1.39. The molecule has 1 amide bonds. The van der Waals surface area contributed by atoms with Gasteiger partial charge in [0.25, 0.3) is 0 Å². The highest BCUT2D eigenvalue weighted by Crippen LogP contribution is 2.33. The molecule has 0 aromatic heterocycles. The number of unbranched alkanes of at least 4 members (excludes halogenated alkanes) is 5. The van der Waals surface area contributed by atoms with Crippen LogP contribution in [0.2, 0.25) is 0 Å². The zero-order chi connectivity index (χ0) is 19.7. The van der Waals surface area contributed by atoms with Crippen LogP contribution in [0.3, 0.4) is 0 Å². The number of hydrogen-bond donors (Lipinski definition) is 3. The monoisotopic (exact) mass is 375 g/mol. The van der Waals surface area contributed by atoms with E-state index < -0.39 is 5.54 Å². The van der Waals surface area contributed by atoms with E-state index in [0.29, 0.717) is 0 Å². The van der Waals surface area contributed by atoms with Crippen LogP contribution in [-0.2, 0) is 24.1 Å². The van der Waals surface area contributed by atoms with Crippen molar-refractivity contribution < 1.29 is 15.0 Å². The van der Waals surface area contributed by atoms with Gasteiger partial charge >= 0.3 is 0 Å². The van der Waals surface area contributed by atoms with Gasteiger partial charge in [0.05, 0.1) is 18.8 Å². The Morgan fingerprint density at radius 3 is 2.48 bits per heavy atom. The molecule has 3 N–H and O–H groups in total. The molecule has 0 fully saturated rings. The normalized spacial score (nSPS) is 16.8. The third-order valence-corrected chi connectivity index (χ3v) is 6.09. The van der Waals surface area contributed by atoms with E-state index in [4.69, 9.17) is 0 Å². The second-order valence-electron chi connectivity index (χ2n) is 8.21. The minimum Gasteiger partial charge on any atom is -0.394 e. The Morgan fingerprint density at radius 2 is 1.81 bits per heavy atom. The number of aryl methyl sites for hydroxylation is 2. The number of nitrogens with one attached hydrogen (secondary N) is 1. The van der Waals surface area contributed by atoms with E-state index in [-0.39, 0.29) is 25.0 Å². The molecule has 0 bridgehead atoms. The minimum atomic E-state index is -0.930. The Balaban J connectivity index is 1.95. The second kappa shape index (κ2) is 10.8. The van der Waals surface area contributed by atoms with Crippen LogP contribution in [-0.4, -0.2) is 34.9 Å². The van der Waals surface area contributed by atoms with E-state index in [1.807, 2.05) is 0 Å². The van der Waals surface area contributed by atoms with Crippen LogP contribution in [0.1, 0.15) is 75.5 Å². The topological polar surface area (TPSA) is 69.6 Å². The van der Waals surface area contributed by atoms with Gasteiger partial charge in [-0.1, -0.05) is 57.2 Å². The number of carbonyl (C=O) groups is 1. The van der Waals surface area contributed by atoms with Crippen molar-refractivity contribution in [3.63, 3.8) is 0 Å². The molecule has 0 aliphatic heterocycles. The fourth-order valence-corrected chi connectivity index (χ4v) is 4.38. The molecule has 1 aromatic carbocycles. The van der Waals surface area contributed by atoms with Crippen molar-refractivity contribution in [3.8, 4) is 0 Å². The maximum Gasteiger partial charge on any atom is 0.217 e. The summed E-state index contributed by atoms with van der Waals surface area (Å²) in [6.07, 6.45) is 11.6. The number of rotatable bonds is 11. The number of aliphatic hydroxyl groups is 2. The van der Waals surface area contributed by atoms with Gasteiger partial charge in [0.1, 0.15) is 0 Å². The highest BCUT2D eigenvalue weighted by Gasteiger charge is 2.40. The summed E-state index contributed by atoms with van der Waals surface area (Å²) in [5.74, 6) is -0.161. The molecule has 0 heterocycles. The Morgan fingerprint density at radius 1 is 1.11 bits per heavy atom. The summed E-state index contributed by atoms with van der Waals surface area (Å²) >= 11 is 0. The third-order valence-electron chi connectivity index (χ3n) is 6.09. The molecule has 0 spiro atoms. The minimum absolute atomic E-state index is 0.0494. The molecule has 27 heavy (non-hydrogen) atoms. The molecule has 152 valence electrons. The lowest BCUT2D eigenvalue weighted by Gasteiger charge is -2.41. The lowest BCUT2D eigenvalue weighted by molar-refractivity contribution is -0.123. The maximum atomic E-state index is 11.6. The van der Waals surface area contributed by atoms with Gasteiger partial charge in [-0.05, 0) is 54.7 Å². The number of aliphatic hydroxyl groups excluding tert-OH is 2. The van der Waals surface area contributed by atoms with Crippen molar-refractivity contribution in [1.29, 1.82) is 0 Å². The van der Waals surface area contributed by atoms with Gasteiger partial charge in [0, 0.05) is 6.92 Å².